The molecule has 48 valence electrons. The maximum atomic E-state index is 8.07. The van der Waals surface area contributed by atoms with Crippen molar-refractivity contribution in [1.29, 1.82) is 0 Å². The molecule has 0 aliphatic rings. The molecule has 0 unspecified atom stereocenters. The van der Waals surface area contributed by atoms with E-state index in [-0.39, 0.29) is 29.0 Å². The molecule has 0 aliphatic carbocycles. The second-order valence-corrected chi connectivity index (χ2v) is 1.05. The topological polar surface area (TPSA) is 40.5 Å². The number of hydrogen-bond donors (Lipinski definition) is 2. The van der Waals surface area contributed by atoms with E-state index < -0.39 is 0 Å². The number of rotatable bonds is 3. The van der Waals surface area contributed by atoms with Crippen molar-refractivity contribution in [2.45, 2.75) is 12.8 Å². The second kappa shape index (κ2) is 9.83. The van der Waals surface area contributed by atoms with Gasteiger partial charge in [0.2, 0.25) is 0 Å². The Labute approximate surface area is 59.1 Å². The zero-order valence-corrected chi connectivity index (χ0v) is 6.06. The molecule has 0 atom stereocenters. The van der Waals surface area contributed by atoms with Crippen LogP contribution in [0.1, 0.15) is 12.8 Å². The Morgan fingerprint density at radius 2 is 2.00 bits per heavy atom. The summed E-state index contributed by atoms with van der Waals surface area (Å²) < 4.78 is 0. The van der Waals surface area contributed by atoms with Gasteiger partial charge in [-0.05, 0) is 0 Å². The molecular formula is C4H9AuO2. The van der Waals surface area contributed by atoms with Crippen LogP contribution in [0.4, 0.5) is 0 Å². The minimum Gasteiger partial charge on any atom is -0.566 e. The average Bonchev–Trinajstić information content (AvgIpc) is 1.61. The molecular weight excluding hydrogens is 277 g/mol. The van der Waals surface area contributed by atoms with Crippen LogP contribution in [0.3, 0.4) is 0 Å². The monoisotopic (exact) mass is 286 g/mol. The van der Waals surface area contributed by atoms with Gasteiger partial charge in [0.15, 0.2) is 0 Å². The Hall–Kier alpha value is 0.660. The molecule has 0 fully saturated rings. The van der Waals surface area contributed by atoms with Gasteiger partial charge in [-0.1, -0.05) is 6.42 Å². The third-order valence-electron chi connectivity index (χ3n) is 0.491. The molecule has 2 nitrogen and oxygen atoms in total. The van der Waals surface area contributed by atoms with Gasteiger partial charge >= 0.3 is 22.4 Å². The van der Waals surface area contributed by atoms with Gasteiger partial charge < -0.3 is 10.2 Å². The number of unbranched alkanes of at least 4 members (excludes halogenated alkanes) is 1. The van der Waals surface area contributed by atoms with E-state index in [1.807, 2.05) is 0 Å². The maximum Gasteiger partial charge on any atom is 1.00 e. The summed E-state index contributed by atoms with van der Waals surface area (Å²) in [5.41, 5.74) is 0. The molecule has 0 heterocycles. The standard InChI is InChI=1S/C4H9O2.Au/c5-3-1-2-4-6;/h3,5-6H,1-2,4H2;/q-1;+1. The normalized spacial score (nSPS) is 7.71. The molecule has 2 N–H and O–H groups in total. The van der Waals surface area contributed by atoms with Gasteiger partial charge in [0.1, 0.15) is 0 Å². The quantitative estimate of drug-likeness (QED) is 0.445. The summed E-state index contributed by atoms with van der Waals surface area (Å²) in [6.45, 7) is 1.22. The first kappa shape index (κ1) is 10.6. The Morgan fingerprint density at radius 1 is 1.43 bits per heavy atom. The summed E-state index contributed by atoms with van der Waals surface area (Å²) in [6.07, 6.45) is 1.26. The van der Waals surface area contributed by atoms with Crippen LogP contribution in [-0.4, -0.2) is 16.8 Å². The Kier molecular flexibility index (Phi) is 14.9. The van der Waals surface area contributed by atoms with Crippen molar-refractivity contribution in [3.05, 3.63) is 6.61 Å². The molecule has 0 aromatic carbocycles. The fourth-order valence-corrected chi connectivity index (χ4v) is 0.183. The fraction of sp³-hybridized carbons (Fsp3) is 0.750. The minimum absolute atomic E-state index is 0. The predicted molar refractivity (Wildman–Crippen MR) is 22.6 cm³/mol. The number of hydrogen-bond acceptors (Lipinski definition) is 2. The smallest absolute Gasteiger partial charge is 0.566 e. The SMILES string of the molecule is O[CH-]CCCO.[Au+]. The molecule has 0 bridgehead atoms. The van der Waals surface area contributed by atoms with E-state index in [1.54, 1.807) is 0 Å². The predicted octanol–water partition coefficient (Wildman–Crippen LogP) is 0.291. The zero-order chi connectivity index (χ0) is 4.83. The van der Waals surface area contributed by atoms with Gasteiger partial charge in [0.25, 0.3) is 0 Å². The van der Waals surface area contributed by atoms with Crippen LogP contribution in [0.25, 0.3) is 0 Å². The second-order valence-electron chi connectivity index (χ2n) is 1.05. The van der Waals surface area contributed by atoms with E-state index in [2.05, 4.69) is 0 Å². The van der Waals surface area contributed by atoms with Gasteiger partial charge in [0.05, 0.1) is 0 Å². The first-order valence-electron chi connectivity index (χ1n) is 1.98. The third kappa shape index (κ3) is 10.8. The van der Waals surface area contributed by atoms with Gasteiger partial charge in [-0.25, -0.2) is 6.61 Å². The molecule has 0 spiro atoms. The molecule has 7 heavy (non-hydrogen) atoms. The number of aliphatic hydroxyl groups is 2. The van der Waals surface area contributed by atoms with E-state index in [0.717, 1.165) is 6.61 Å². The molecule has 0 aromatic rings. The minimum atomic E-state index is 0. The third-order valence-corrected chi connectivity index (χ3v) is 0.491. The molecule has 0 radical (unpaired) electrons. The summed E-state index contributed by atoms with van der Waals surface area (Å²) in [7, 11) is 0. The van der Waals surface area contributed by atoms with Crippen molar-refractivity contribution in [2.75, 3.05) is 6.61 Å². The first-order chi connectivity index (χ1) is 2.91. The molecule has 0 saturated carbocycles. The van der Waals surface area contributed by atoms with Crippen molar-refractivity contribution in [2.24, 2.45) is 0 Å². The summed E-state index contributed by atoms with van der Waals surface area (Å²) in [5.74, 6) is 0. The summed E-state index contributed by atoms with van der Waals surface area (Å²) in [6, 6.07) is 0. The van der Waals surface area contributed by atoms with Crippen molar-refractivity contribution in [3.63, 3.8) is 0 Å². The first-order valence-corrected chi connectivity index (χ1v) is 1.98. The van der Waals surface area contributed by atoms with E-state index in [4.69, 9.17) is 10.2 Å². The molecule has 0 aromatic heterocycles. The van der Waals surface area contributed by atoms with Crippen LogP contribution < -0.4 is 0 Å². The summed E-state index contributed by atoms with van der Waals surface area (Å²) >= 11 is 0. The maximum absolute atomic E-state index is 8.07. The van der Waals surface area contributed by atoms with Crippen molar-refractivity contribution >= 4 is 0 Å². The van der Waals surface area contributed by atoms with Crippen LogP contribution >= 0.6 is 0 Å². The molecule has 0 rings (SSSR count). The Morgan fingerprint density at radius 3 is 2.14 bits per heavy atom. The van der Waals surface area contributed by atoms with Gasteiger partial charge in [-0.2, -0.15) is 6.42 Å². The van der Waals surface area contributed by atoms with Crippen molar-refractivity contribution in [1.82, 2.24) is 0 Å². The van der Waals surface area contributed by atoms with Crippen molar-refractivity contribution in [3.8, 4) is 0 Å². The van der Waals surface area contributed by atoms with Crippen LogP contribution in [0, 0.1) is 6.61 Å². The van der Waals surface area contributed by atoms with Gasteiger partial charge in [-0.3, -0.25) is 0 Å². The van der Waals surface area contributed by atoms with E-state index in [0.29, 0.717) is 12.8 Å². The van der Waals surface area contributed by atoms with Crippen LogP contribution in [0.5, 0.6) is 0 Å². The average molecular weight is 286 g/mol. The van der Waals surface area contributed by atoms with Crippen LogP contribution in [0.2, 0.25) is 0 Å². The van der Waals surface area contributed by atoms with Gasteiger partial charge in [0, 0.05) is 6.61 Å². The van der Waals surface area contributed by atoms with Crippen LogP contribution in [-0.2, 0) is 22.4 Å². The van der Waals surface area contributed by atoms with E-state index in [9.17, 15) is 0 Å². The summed E-state index contributed by atoms with van der Waals surface area (Å²) in [5, 5.41) is 16.0. The van der Waals surface area contributed by atoms with Crippen LogP contribution in [0.15, 0.2) is 0 Å². The molecule has 0 aliphatic heterocycles. The van der Waals surface area contributed by atoms with Gasteiger partial charge in [-0.15, -0.1) is 0 Å². The Balaban J connectivity index is 0. The largest absolute Gasteiger partial charge is 1.00 e. The molecule has 3 heteroatoms. The summed E-state index contributed by atoms with van der Waals surface area (Å²) in [4.78, 5) is 0. The van der Waals surface area contributed by atoms with E-state index >= 15 is 0 Å². The Bertz CT molecular complexity index is 21.7. The zero-order valence-electron chi connectivity index (χ0n) is 3.89. The molecule has 0 amide bonds. The molecule has 0 saturated heterocycles. The number of aliphatic hydroxyl groups excluding tert-OH is 2. The fourth-order valence-electron chi connectivity index (χ4n) is 0.183. The van der Waals surface area contributed by atoms with Crippen molar-refractivity contribution < 1.29 is 32.6 Å². The van der Waals surface area contributed by atoms with E-state index in [1.165, 1.54) is 0 Å².